The molecular weight excluding hydrogens is 895 g/mol. The van der Waals surface area contributed by atoms with Crippen molar-refractivity contribution in [3.05, 3.63) is 83.0 Å². The van der Waals surface area contributed by atoms with Crippen LogP contribution in [0.5, 0.6) is 11.5 Å². The van der Waals surface area contributed by atoms with Gasteiger partial charge in [0.15, 0.2) is 19.9 Å². The quantitative estimate of drug-likeness (QED) is 0.0192. The van der Waals surface area contributed by atoms with Gasteiger partial charge in [0.25, 0.3) is 0 Å². The summed E-state index contributed by atoms with van der Waals surface area (Å²) in [5.41, 5.74) is 12.0. The molecule has 0 aliphatic heterocycles. The minimum atomic E-state index is -1.98. The standard InChI is InChI=1S/C50H65N11O7Si/c1-11-60-39(23-32(3)56-60)41(63)30-53-49-54-38-25-34(31-62)26-42(66-20-15-19-65-8)45(38)59(49)18-14-13-17-58-44-36(37-29-52-47(55-48(37)58)40-24-33(4)57-61(40)12-2)27-35(46(51)64)28-43(44)67-21-16-22-68-69(9,10)50(5,6)7/h13-14,23-29,31H,11-12,15-22,30H2,1-10H3,(H2,51,64)(H,53,54)/b14-13+. The van der Waals surface area contributed by atoms with Gasteiger partial charge in [0.1, 0.15) is 40.3 Å². The second-order valence-electron chi connectivity index (χ2n) is 18.6. The number of ketones is 1. The molecule has 2 aromatic carbocycles. The van der Waals surface area contributed by atoms with Gasteiger partial charge in [-0.1, -0.05) is 32.9 Å². The highest BCUT2D eigenvalue weighted by Crippen LogP contribution is 2.38. The number of ether oxygens (including phenoxy) is 3. The average molecular weight is 960 g/mol. The topological polar surface area (TPSA) is 210 Å². The predicted octanol–water partition coefficient (Wildman–Crippen LogP) is 8.32. The minimum Gasteiger partial charge on any atom is -0.491 e. The lowest BCUT2D eigenvalue weighted by Gasteiger charge is -2.36. The van der Waals surface area contributed by atoms with Gasteiger partial charge in [-0.25, -0.2) is 15.0 Å². The summed E-state index contributed by atoms with van der Waals surface area (Å²) in [4.78, 5) is 53.5. The van der Waals surface area contributed by atoms with E-state index in [0.29, 0.717) is 133 Å². The first-order valence-electron chi connectivity index (χ1n) is 23.5. The average Bonchev–Trinajstić information content (AvgIpc) is 4.08. The number of hydrogen-bond donors (Lipinski definition) is 2. The molecule has 0 bridgehead atoms. The number of fused-ring (bicyclic) bond motifs is 4. The maximum absolute atomic E-state index is 13.6. The monoisotopic (exact) mass is 959 g/mol. The van der Waals surface area contributed by atoms with Crippen LogP contribution in [0.15, 0.2) is 54.7 Å². The van der Waals surface area contributed by atoms with E-state index in [9.17, 15) is 14.4 Å². The zero-order valence-electron chi connectivity index (χ0n) is 41.5. The van der Waals surface area contributed by atoms with Crippen molar-refractivity contribution in [2.24, 2.45) is 5.73 Å². The fourth-order valence-corrected chi connectivity index (χ4v) is 9.11. The molecule has 5 aromatic heterocycles. The van der Waals surface area contributed by atoms with Crippen LogP contribution < -0.4 is 20.5 Å². The molecule has 1 amide bonds. The zero-order chi connectivity index (χ0) is 49.6. The van der Waals surface area contributed by atoms with Crippen molar-refractivity contribution in [3.63, 3.8) is 0 Å². The molecule has 5 heterocycles. The molecule has 7 aromatic rings. The highest BCUT2D eigenvalue weighted by molar-refractivity contribution is 6.74. The number of aryl methyl sites for hydroxylation is 4. The van der Waals surface area contributed by atoms with Crippen molar-refractivity contribution < 1.29 is 33.0 Å². The Morgan fingerprint density at radius 3 is 2.14 bits per heavy atom. The van der Waals surface area contributed by atoms with E-state index in [1.165, 1.54) is 0 Å². The molecule has 0 spiro atoms. The third-order valence-corrected chi connectivity index (χ3v) is 17.1. The zero-order valence-corrected chi connectivity index (χ0v) is 42.5. The number of benzene rings is 2. The number of nitrogens with two attached hydrogens (primary N) is 1. The first-order chi connectivity index (χ1) is 33.0. The summed E-state index contributed by atoms with van der Waals surface area (Å²) in [6, 6.07) is 10.6. The summed E-state index contributed by atoms with van der Waals surface area (Å²) in [5.74, 6) is 1.13. The summed E-state index contributed by atoms with van der Waals surface area (Å²) in [7, 11) is -0.344. The molecule has 7 rings (SSSR count). The van der Waals surface area contributed by atoms with Crippen LogP contribution in [0, 0.1) is 13.8 Å². The third kappa shape index (κ3) is 10.9. The predicted molar refractivity (Wildman–Crippen MR) is 270 cm³/mol. The normalized spacial score (nSPS) is 12.3. The molecule has 0 atom stereocenters. The van der Waals surface area contributed by atoms with Gasteiger partial charge in [-0.2, -0.15) is 10.2 Å². The van der Waals surface area contributed by atoms with Crippen molar-refractivity contribution in [1.29, 1.82) is 0 Å². The van der Waals surface area contributed by atoms with Crippen LogP contribution in [0.3, 0.4) is 0 Å². The Hall–Kier alpha value is -6.70. The highest BCUT2D eigenvalue weighted by atomic mass is 28.4. The van der Waals surface area contributed by atoms with E-state index in [2.05, 4.69) is 53.9 Å². The van der Waals surface area contributed by atoms with E-state index in [4.69, 9.17) is 39.3 Å². The molecule has 69 heavy (non-hydrogen) atoms. The molecule has 366 valence electrons. The molecule has 0 aliphatic rings. The number of aldehydes is 1. The number of nitrogens with one attached hydrogen (secondary N) is 1. The van der Waals surface area contributed by atoms with E-state index < -0.39 is 14.2 Å². The first kappa shape index (κ1) is 50.2. The van der Waals surface area contributed by atoms with Crippen LogP contribution in [0.4, 0.5) is 5.95 Å². The van der Waals surface area contributed by atoms with Crippen LogP contribution in [-0.2, 0) is 35.3 Å². The van der Waals surface area contributed by atoms with Gasteiger partial charge < -0.3 is 38.8 Å². The number of amides is 1. The number of imidazole rings is 1. The van der Waals surface area contributed by atoms with Gasteiger partial charge in [-0.3, -0.25) is 23.7 Å². The Labute approximate surface area is 403 Å². The smallest absolute Gasteiger partial charge is 0.248 e. The number of Topliss-reactive ketones (excluding diaryl/α,β-unsaturated/α-hetero) is 1. The Balaban J connectivity index is 1.29. The maximum atomic E-state index is 13.6. The summed E-state index contributed by atoms with van der Waals surface area (Å²) >= 11 is 0. The summed E-state index contributed by atoms with van der Waals surface area (Å²) in [6.07, 6.45) is 7.81. The SMILES string of the molecule is CCn1nc(C)cc1C(=O)CNc1nc2cc(C=O)cc(OCCCOC)c2n1C/C=C/Cn1c2nc(-c3cc(C)nn3CC)ncc2c2cc(C(N)=O)cc(OCCCO[Si](C)(C)C(C)(C)C)c21. The Morgan fingerprint density at radius 2 is 1.48 bits per heavy atom. The van der Waals surface area contributed by atoms with E-state index >= 15 is 0 Å². The fraction of sp³-hybridized carbons (Fsp3) is 0.440. The van der Waals surface area contributed by atoms with Crippen LogP contribution in [0.25, 0.3) is 44.5 Å². The number of carbonyl (C=O) groups excluding carboxylic acids is 3. The Kier molecular flexibility index (Phi) is 15.5. The van der Waals surface area contributed by atoms with Gasteiger partial charge in [-0.05, 0) is 82.2 Å². The molecule has 0 fully saturated rings. The van der Waals surface area contributed by atoms with Crippen molar-refractivity contribution in [2.45, 2.75) is 106 Å². The number of methoxy groups -OCH3 is 1. The van der Waals surface area contributed by atoms with Crippen LogP contribution in [0.2, 0.25) is 18.1 Å². The lowest BCUT2D eigenvalue weighted by atomic mass is 10.1. The Bertz CT molecular complexity index is 3030. The molecule has 0 saturated carbocycles. The van der Waals surface area contributed by atoms with Gasteiger partial charge in [-0.15, -0.1) is 0 Å². The summed E-state index contributed by atoms with van der Waals surface area (Å²) in [6.45, 7) is 22.3. The minimum absolute atomic E-state index is 0.0545. The molecular formula is C50H65N11O7Si. The molecule has 3 N–H and O–H groups in total. The number of nitrogens with zero attached hydrogens (tertiary/aromatic N) is 9. The van der Waals surface area contributed by atoms with Crippen molar-refractivity contribution in [2.75, 3.05) is 45.4 Å². The molecule has 0 saturated heterocycles. The molecule has 0 aliphatic carbocycles. The van der Waals surface area contributed by atoms with Gasteiger partial charge in [0.2, 0.25) is 11.9 Å². The number of primary amides is 1. The van der Waals surface area contributed by atoms with Crippen molar-refractivity contribution >= 4 is 65.2 Å². The van der Waals surface area contributed by atoms with E-state index in [1.807, 2.05) is 55.2 Å². The second kappa shape index (κ2) is 21.3. The van der Waals surface area contributed by atoms with Gasteiger partial charge in [0, 0.05) is 87.4 Å². The number of allylic oxidation sites excluding steroid dienone is 2. The lowest BCUT2D eigenvalue weighted by molar-refractivity contribution is 0.0989. The van der Waals surface area contributed by atoms with E-state index in [0.717, 1.165) is 28.9 Å². The van der Waals surface area contributed by atoms with Crippen molar-refractivity contribution in [1.82, 2.24) is 43.6 Å². The van der Waals surface area contributed by atoms with E-state index in [-0.39, 0.29) is 17.4 Å². The van der Waals surface area contributed by atoms with Crippen LogP contribution >= 0.6 is 0 Å². The third-order valence-electron chi connectivity index (χ3n) is 12.5. The first-order valence-corrected chi connectivity index (χ1v) is 26.4. The number of hydrogen-bond acceptors (Lipinski definition) is 13. The number of aromatic nitrogens is 9. The largest absolute Gasteiger partial charge is 0.491 e. The van der Waals surface area contributed by atoms with E-state index in [1.54, 1.807) is 48.3 Å². The summed E-state index contributed by atoms with van der Waals surface area (Å²) < 4.78 is 32.1. The summed E-state index contributed by atoms with van der Waals surface area (Å²) in [5, 5.41) is 13.9. The maximum Gasteiger partial charge on any atom is 0.248 e. The lowest BCUT2D eigenvalue weighted by Crippen LogP contribution is -2.41. The highest BCUT2D eigenvalue weighted by Gasteiger charge is 2.37. The number of rotatable bonds is 24. The molecule has 19 heteroatoms. The van der Waals surface area contributed by atoms with Crippen LogP contribution in [0.1, 0.15) is 90.1 Å². The van der Waals surface area contributed by atoms with Crippen LogP contribution in [-0.4, -0.2) is 110 Å². The van der Waals surface area contributed by atoms with Gasteiger partial charge in [0.05, 0.1) is 42.2 Å². The molecule has 18 nitrogen and oxygen atoms in total. The number of carbonyl (C=O) groups is 3. The molecule has 0 radical (unpaired) electrons. The second-order valence-corrected chi connectivity index (χ2v) is 23.4. The molecule has 0 unspecified atom stereocenters. The van der Waals surface area contributed by atoms with Crippen molar-refractivity contribution in [3.8, 4) is 23.0 Å². The fourth-order valence-electron chi connectivity index (χ4n) is 8.02. The van der Waals surface area contributed by atoms with Gasteiger partial charge >= 0.3 is 0 Å². The number of anilines is 1. The Morgan fingerprint density at radius 1 is 0.812 bits per heavy atom.